The number of halogens is 4. The second-order valence-electron chi connectivity index (χ2n) is 6.43. The molecule has 1 N–H and O–H groups in total. The molecule has 2 aromatic rings. The van der Waals surface area contributed by atoms with Crippen LogP contribution in [0.15, 0.2) is 30.6 Å². The first-order chi connectivity index (χ1) is 13.2. The summed E-state index contributed by atoms with van der Waals surface area (Å²) in [6.45, 7) is 0.310. The highest BCUT2D eigenvalue weighted by Gasteiger charge is 2.34. The van der Waals surface area contributed by atoms with Crippen LogP contribution in [-0.2, 0) is 22.3 Å². The van der Waals surface area contributed by atoms with Gasteiger partial charge < -0.3 is 10.2 Å². The van der Waals surface area contributed by atoms with Gasteiger partial charge in [0.2, 0.25) is 11.8 Å². The van der Waals surface area contributed by atoms with Crippen molar-refractivity contribution in [1.29, 1.82) is 0 Å². The van der Waals surface area contributed by atoms with Gasteiger partial charge in [0.1, 0.15) is 12.4 Å². The molecule has 2 aromatic heterocycles. The maximum Gasteiger partial charge on any atom is 0.435 e. The van der Waals surface area contributed by atoms with Gasteiger partial charge in [-0.15, -0.1) is 0 Å². The van der Waals surface area contributed by atoms with Crippen LogP contribution in [0.4, 0.5) is 19.0 Å². The van der Waals surface area contributed by atoms with Crippen LogP contribution in [0.2, 0.25) is 5.02 Å². The topological polar surface area (TPSA) is 80.1 Å². The van der Waals surface area contributed by atoms with Crippen molar-refractivity contribution >= 4 is 29.2 Å². The summed E-state index contributed by atoms with van der Waals surface area (Å²) in [5.41, 5.74) is -1.05. The van der Waals surface area contributed by atoms with Crippen molar-refractivity contribution in [3.05, 3.63) is 41.3 Å². The minimum absolute atomic E-state index is 0.186. The van der Waals surface area contributed by atoms with E-state index in [-0.39, 0.29) is 24.9 Å². The summed E-state index contributed by atoms with van der Waals surface area (Å²) in [4.78, 5) is 30.3. The lowest BCUT2D eigenvalue weighted by molar-refractivity contribution is -0.142. The molecule has 0 aromatic carbocycles. The molecular formula is C17H17ClF3N5O2. The number of pyridine rings is 1. The van der Waals surface area contributed by atoms with Crippen LogP contribution >= 0.6 is 11.6 Å². The SMILES string of the molecule is O=C(Nc1ccc(Cl)cn1)C1CCCN(C(=O)Cn2ccc(C(F)(F)F)n2)C1. The highest BCUT2D eigenvalue weighted by atomic mass is 35.5. The van der Waals surface area contributed by atoms with E-state index in [9.17, 15) is 22.8 Å². The number of amides is 2. The van der Waals surface area contributed by atoms with Crippen molar-refractivity contribution in [3.8, 4) is 0 Å². The standard InChI is InChI=1S/C17H17ClF3N5O2/c18-12-3-4-14(22-8-12)23-16(28)11-2-1-6-25(9-11)15(27)10-26-7-5-13(24-26)17(19,20)21/h3-5,7-8,11H,1-2,6,9-10H2,(H,22,23,28). The highest BCUT2D eigenvalue weighted by Crippen LogP contribution is 2.27. The first-order valence-corrected chi connectivity index (χ1v) is 8.91. The van der Waals surface area contributed by atoms with E-state index in [2.05, 4.69) is 15.4 Å². The Labute approximate surface area is 163 Å². The molecule has 2 amide bonds. The largest absolute Gasteiger partial charge is 0.435 e. The number of carbonyl (C=O) groups excluding carboxylic acids is 2. The molecular weight excluding hydrogens is 399 g/mol. The molecule has 7 nitrogen and oxygen atoms in total. The molecule has 1 saturated heterocycles. The van der Waals surface area contributed by atoms with Gasteiger partial charge in [-0.2, -0.15) is 18.3 Å². The molecule has 28 heavy (non-hydrogen) atoms. The number of likely N-dealkylation sites (tertiary alicyclic amines) is 1. The van der Waals surface area contributed by atoms with Crippen LogP contribution in [-0.4, -0.2) is 44.6 Å². The fourth-order valence-electron chi connectivity index (χ4n) is 2.94. The Bertz CT molecular complexity index is 853. The number of aromatic nitrogens is 3. The van der Waals surface area contributed by atoms with Crippen LogP contribution in [0.5, 0.6) is 0 Å². The maximum absolute atomic E-state index is 12.6. The Morgan fingerprint density at radius 1 is 1.29 bits per heavy atom. The third-order valence-electron chi connectivity index (χ3n) is 4.35. The fraction of sp³-hybridized carbons (Fsp3) is 0.412. The number of nitrogens with one attached hydrogen (secondary N) is 1. The van der Waals surface area contributed by atoms with Gasteiger partial charge in [-0.1, -0.05) is 11.6 Å². The number of hydrogen-bond acceptors (Lipinski definition) is 4. The third kappa shape index (κ3) is 5.00. The molecule has 0 saturated carbocycles. The Kier molecular flexibility index (Phi) is 5.87. The fourth-order valence-corrected chi connectivity index (χ4v) is 3.05. The monoisotopic (exact) mass is 415 g/mol. The summed E-state index contributed by atoms with van der Waals surface area (Å²) in [7, 11) is 0. The molecule has 0 bridgehead atoms. The normalized spacial score (nSPS) is 17.4. The van der Waals surface area contributed by atoms with Gasteiger partial charge in [0.25, 0.3) is 0 Å². The predicted molar refractivity (Wildman–Crippen MR) is 94.4 cm³/mol. The Morgan fingerprint density at radius 3 is 2.71 bits per heavy atom. The zero-order valence-corrected chi connectivity index (χ0v) is 15.4. The molecule has 3 rings (SSSR count). The van der Waals surface area contributed by atoms with Gasteiger partial charge in [0, 0.05) is 25.5 Å². The second kappa shape index (κ2) is 8.17. The van der Waals surface area contributed by atoms with E-state index >= 15 is 0 Å². The van der Waals surface area contributed by atoms with Crippen LogP contribution in [0.1, 0.15) is 18.5 Å². The van der Waals surface area contributed by atoms with E-state index in [1.807, 2.05) is 0 Å². The molecule has 1 aliphatic rings. The van der Waals surface area contributed by atoms with Gasteiger partial charge in [0.15, 0.2) is 5.69 Å². The summed E-state index contributed by atoms with van der Waals surface area (Å²) in [6.07, 6.45) is -0.819. The van der Waals surface area contributed by atoms with Crippen molar-refractivity contribution in [2.45, 2.75) is 25.6 Å². The van der Waals surface area contributed by atoms with Crippen molar-refractivity contribution in [2.75, 3.05) is 18.4 Å². The zero-order chi connectivity index (χ0) is 20.3. The second-order valence-corrected chi connectivity index (χ2v) is 6.86. The van der Waals surface area contributed by atoms with Gasteiger partial charge >= 0.3 is 6.18 Å². The molecule has 1 aliphatic heterocycles. The number of hydrogen-bond donors (Lipinski definition) is 1. The van der Waals surface area contributed by atoms with Gasteiger partial charge in [-0.05, 0) is 31.0 Å². The quantitative estimate of drug-likeness (QED) is 0.832. The van der Waals surface area contributed by atoms with Crippen molar-refractivity contribution in [2.24, 2.45) is 5.92 Å². The minimum Gasteiger partial charge on any atom is -0.340 e. The Morgan fingerprint density at radius 2 is 2.07 bits per heavy atom. The van der Waals surface area contributed by atoms with Gasteiger partial charge in [0.05, 0.1) is 10.9 Å². The number of piperidine rings is 1. The van der Waals surface area contributed by atoms with E-state index in [4.69, 9.17) is 11.6 Å². The van der Waals surface area contributed by atoms with Crippen LogP contribution in [0.25, 0.3) is 0 Å². The van der Waals surface area contributed by atoms with E-state index in [1.165, 1.54) is 11.1 Å². The van der Waals surface area contributed by atoms with E-state index in [0.717, 1.165) is 16.9 Å². The van der Waals surface area contributed by atoms with E-state index in [1.54, 1.807) is 12.1 Å². The van der Waals surface area contributed by atoms with E-state index in [0.29, 0.717) is 30.2 Å². The van der Waals surface area contributed by atoms with Gasteiger partial charge in [-0.25, -0.2) is 4.98 Å². The number of rotatable bonds is 4. The smallest absolute Gasteiger partial charge is 0.340 e. The highest BCUT2D eigenvalue weighted by molar-refractivity contribution is 6.30. The third-order valence-corrected chi connectivity index (χ3v) is 4.58. The number of anilines is 1. The van der Waals surface area contributed by atoms with Crippen LogP contribution < -0.4 is 5.32 Å². The molecule has 11 heteroatoms. The Hall–Kier alpha value is -2.62. The molecule has 1 unspecified atom stereocenters. The van der Waals surface area contributed by atoms with Crippen molar-refractivity contribution in [3.63, 3.8) is 0 Å². The summed E-state index contributed by atoms with van der Waals surface area (Å²) in [6, 6.07) is 3.99. The summed E-state index contributed by atoms with van der Waals surface area (Å²) >= 11 is 5.75. The van der Waals surface area contributed by atoms with Crippen molar-refractivity contribution in [1.82, 2.24) is 19.7 Å². The number of nitrogens with zero attached hydrogens (tertiary/aromatic N) is 4. The molecule has 0 spiro atoms. The lowest BCUT2D eigenvalue weighted by atomic mass is 9.97. The molecule has 1 fully saturated rings. The zero-order valence-electron chi connectivity index (χ0n) is 14.6. The average molecular weight is 416 g/mol. The van der Waals surface area contributed by atoms with Crippen LogP contribution in [0, 0.1) is 5.92 Å². The minimum atomic E-state index is -4.56. The maximum atomic E-state index is 12.6. The Balaban J connectivity index is 1.57. The first-order valence-electron chi connectivity index (χ1n) is 8.53. The van der Waals surface area contributed by atoms with E-state index < -0.39 is 17.8 Å². The van der Waals surface area contributed by atoms with Gasteiger partial charge in [-0.3, -0.25) is 14.3 Å². The number of alkyl halides is 3. The lowest BCUT2D eigenvalue weighted by Crippen LogP contribution is -2.45. The lowest BCUT2D eigenvalue weighted by Gasteiger charge is -2.32. The van der Waals surface area contributed by atoms with Crippen molar-refractivity contribution < 1.29 is 22.8 Å². The molecule has 150 valence electrons. The molecule has 0 aliphatic carbocycles. The molecule has 1 atom stereocenters. The number of carbonyl (C=O) groups is 2. The summed E-state index contributed by atoms with van der Waals surface area (Å²) < 4.78 is 38.8. The summed E-state index contributed by atoms with van der Waals surface area (Å²) in [5, 5.41) is 6.50. The first kappa shape index (κ1) is 20.1. The van der Waals surface area contributed by atoms with Crippen LogP contribution in [0.3, 0.4) is 0 Å². The summed E-state index contributed by atoms with van der Waals surface area (Å²) in [5.74, 6) is -0.739. The average Bonchev–Trinajstić information content (AvgIpc) is 3.12. The molecule has 0 radical (unpaired) electrons. The molecule has 3 heterocycles. The predicted octanol–water partition coefficient (Wildman–Crippen LogP) is 2.83.